The molecule has 16 heavy (non-hydrogen) atoms. The third kappa shape index (κ3) is 1.21. The molecule has 1 aromatic carbocycles. The first-order valence-corrected chi connectivity index (χ1v) is 5.07. The second-order valence-corrected chi connectivity index (χ2v) is 3.74. The highest BCUT2D eigenvalue weighted by Crippen LogP contribution is 2.20. The molecule has 0 fully saturated rings. The van der Waals surface area contributed by atoms with Gasteiger partial charge in [-0.2, -0.15) is 0 Å². The van der Waals surface area contributed by atoms with Crippen molar-refractivity contribution in [1.82, 2.24) is 24.7 Å². The van der Waals surface area contributed by atoms with Crippen molar-refractivity contribution in [2.75, 3.05) is 0 Å². The topological polar surface area (TPSA) is 59.4 Å². The summed E-state index contributed by atoms with van der Waals surface area (Å²) >= 11 is 0. The molecule has 0 aliphatic heterocycles. The molecular weight excluding hydrogens is 202 g/mol. The Bertz CT molecular complexity index is 649. The maximum Gasteiger partial charge on any atom is 0.197 e. The second-order valence-electron chi connectivity index (χ2n) is 3.74. The quantitative estimate of drug-likeness (QED) is 0.668. The first-order valence-electron chi connectivity index (χ1n) is 5.07. The molecule has 0 unspecified atom stereocenters. The molecule has 0 amide bonds. The van der Waals surface area contributed by atoms with Crippen molar-refractivity contribution >= 4 is 11.0 Å². The minimum absolute atomic E-state index is 0.705. The van der Waals surface area contributed by atoms with Gasteiger partial charge in [0, 0.05) is 7.05 Å². The number of hydrogen-bond acceptors (Lipinski definition) is 3. The lowest BCUT2D eigenvalue weighted by atomic mass is 10.3. The minimum atomic E-state index is 0.705. The number of H-pyrrole nitrogens is 1. The highest BCUT2D eigenvalue weighted by molar-refractivity contribution is 5.79. The van der Waals surface area contributed by atoms with Crippen molar-refractivity contribution in [3.63, 3.8) is 0 Å². The summed E-state index contributed by atoms with van der Waals surface area (Å²) in [5, 5.41) is 8.00. The van der Waals surface area contributed by atoms with Gasteiger partial charge in [-0.1, -0.05) is 12.1 Å². The van der Waals surface area contributed by atoms with E-state index in [4.69, 9.17) is 0 Å². The second kappa shape index (κ2) is 3.16. The van der Waals surface area contributed by atoms with Crippen molar-refractivity contribution < 1.29 is 0 Å². The van der Waals surface area contributed by atoms with E-state index in [1.807, 2.05) is 42.8 Å². The number of nitrogens with one attached hydrogen (secondary N) is 1. The van der Waals surface area contributed by atoms with Crippen LogP contribution in [0.15, 0.2) is 24.3 Å². The molecule has 0 saturated heterocycles. The molecule has 5 nitrogen and oxygen atoms in total. The summed E-state index contributed by atoms with van der Waals surface area (Å²) < 4.78 is 2.01. The van der Waals surface area contributed by atoms with E-state index in [0.717, 1.165) is 22.7 Å². The molecule has 0 atom stereocenters. The predicted molar refractivity (Wildman–Crippen MR) is 60.8 cm³/mol. The van der Waals surface area contributed by atoms with Crippen LogP contribution in [0, 0.1) is 6.92 Å². The lowest BCUT2D eigenvalue weighted by molar-refractivity contribution is 0.937. The smallest absolute Gasteiger partial charge is 0.197 e. The van der Waals surface area contributed by atoms with Crippen LogP contribution in [0.5, 0.6) is 0 Å². The van der Waals surface area contributed by atoms with Crippen LogP contribution < -0.4 is 0 Å². The van der Waals surface area contributed by atoms with Gasteiger partial charge < -0.3 is 9.55 Å². The maximum atomic E-state index is 4.53. The molecule has 0 aliphatic carbocycles. The van der Waals surface area contributed by atoms with Gasteiger partial charge in [0.25, 0.3) is 0 Å². The Labute approximate surface area is 92.2 Å². The van der Waals surface area contributed by atoms with Crippen molar-refractivity contribution in [3.8, 4) is 11.6 Å². The Kier molecular flexibility index (Phi) is 1.80. The molecular formula is C11H11N5. The third-order valence-corrected chi connectivity index (χ3v) is 2.60. The van der Waals surface area contributed by atoms with E-state index in [-0.39, 0.29) is 0 Å². The van der Waals surface area contributed by atoms with Crippen molar-refractivity contribution in [2.24, 2.45) is 7.05 Å². The standard InChI is InChI=1S/C11H11N5/c1-7-12-10(15-14-7)11-13-8-5-3-4-6-9(8)16(11)2/h3-6H,1-2H3,(H,12,14,15). The van der Waals surface area contributed by atoms with Gasteiger partial charge in [-0.25, -0.2) is 4.98 Å². The summed E-state index contributed by atoms with van der Waals surface area (Å²) in [7, 11) is 1.97. The average molecular weight is 213 g/mol. The average Bonchev–Trinajstić information content (AvgIpc) is 2.84. The van der Waals surface area contributed by atoms with Crippen LogP contribution >= 0.6 is 0 Å². The molecule has 0 spiro atoms. The number of imidazole rings is 1. The van der Waals surface area contributed by atoms with Crippen LogP contribution in [0.2, 0.25) is 0 Å². The number of hydrogen-bond donors (Lipinski definition) is 1. The fraction of sp³-hybridized carbons (Fsp3) is 0.182. The Morgan fingerprint density at radius 1 is 1.19 bits per heavy atom. The number of fused-ring (bicyclic) bond motifs is 1. The Morgan fingerprint density at radius 3 is 2.69 bits per heavy atom. The summed E-state index contributed by atoms with van der Waals surface area (Å²) in [6, 6.07) is 8.00. The molecule has 1 N–H and O–H groups in total. The SMILES string of the molecule is Cc1nnc(-c2nc3ccccc3n2C)[nH]1. The third-order valence-electron chi connectivity index (χ3n) is 2.60. The van der Waals surface area contributed by atoms with Gasteiger partial charge in [0.1, 0.15) is 5.82 Å². The van der Waals surface area contributed by atoms with Crippen molar-refractivity contribution in [2.45, 2.75) is 6.92 Å². The number of aromatic amines is 1. The zero-order chi connectivity index (χ0) is 11.1. The number of benzene rings is 1. The van der Waals surface area contributed by atoms with E-state index in [0.29, 0.717) is 5.82 Å². The molecule has 80 valence electrons. The first kappa shape index (κ1) is 9.08. The number of aryl methyl sites for hydroxylation is 2. The van der Waals surface area contributed by atoms with E-state index in [1.54, 1.807) is 0 Å². The highest BCUT2D eigenvalue weighted by atomic mass is 15.2. The molecule has 2 heterocycles. The monoisotopic (exact) mass is 213 g/mol. The highest BCUT2D eigenvalue weighted by Gasteiger charge is 2.12. The van der Waals surface area contributed by atoms with Crippen molar-refractivity contribution in [3.05, 3.63) is 30.1 Å². The first-order chi connectivity index (χ1) is 7.75. The van der Waals surface area contributed by atoms with E-state index in [9.17, 15) is 0 Å². The lowest BCUT2D eigenvalue weighted by Gasteiger charge is -1.97. The van der Waals surface area contributed by atoms with Crippen LogP contribution in [0.25, 0.3) is 22.7 Å². The molecule has 3 aromatic rings. The van der Waals surface area contributed by atoms with Gasteiger partial charge >= 0.3 is 0 Å². The van der Waals surface area contributed by atoms with E-state index in [2.05, 4.69) is 20.2 Å². The minimum Gasteiger partial charge on any atom is -0.324 e. The number of aromatic nitrogens is 5. The zero-order valence-electron chi connectivity index (χ0n) is 9.10. The molecule has 0 radical (unpaired) electrons. The van der Waals surface area contributed by atoms with Gasteiger partial charge in [-0.15, -0.1) is 10.2 Å². The van der Waals surface area contributed by atoms with Gasteiger partial charge in [0.15, 0.2) is 11.6 Å². The number of rotatable bonds is 1. The largest absolute Gasteiger partial charge is 0.324 e. The fourth-order valence-corrected chi connectivity index (χ4v) is 1.80. The molecule has 5 heteroatoms. The summed E-state index contributed by atoms with van der Waals surface area (Å²) in [5.41, 5.74) is 2.06. The fourth-order valence-electron chi connectivity index (χ4n) is 1.80. The zero-order valence-corrected chi connectivity index (χ0v) is 9.10. The summed E-state index contributed by atoms with van der Waals surface area (Å²) in [6.45, 7) is 1.87. The summed E-state index contributed by atoms with van der Waals surface area (Å²) in [5.74, 6) is 2.31. The molecule has 0 bridgehead atoms. The van der Waals surface area contributed by atoms with Crippen LogP contribution in [0.1, 0.15) is 5.82 Å². The normalized spacial score (nSPS) is 11.1. The maximum absolute atomic E-state index is 4.53. The molecule has 3 rings (SSSR count). The molecule has 2 aromatic heterocycles. The van der Waals surface area contributed by atoms with Crippen LogP contribution in [0.3, 0.4) is 0 Å². The van der Waals surface area contributed by atoms with Crippen LogP contribution in [-0.4, -0.2) is 24.7 Å². The van der Waals surface area contributed by atoms with Crippen LogP contribution in [-0.2, 0) is 7.05 Å². The van der Waals surface area contributed by atoms with E-state index >= 15 is 0 Å². The van der Waals surface area contributed by atoms with Crippen molar-refractivity contribution in [1.29, 1.82) is 0 Å². The van der Waals surface area contributed by atoms with Crippen LogP contribution in [0.4, 0.5) is 0 Å². The van der Waals surface area contributed by atoms with E-state index in [1.165, 1.54) is 0 Å². The van der Waals surface area contributed by atoms with Gasteiger partial charge in [-0.3, -0.25) is 0 Å². The van der Waals surface area contributed by atoms with Gasteiger partial charge in [0.2, 0.25) is 0 Å². The summed E-state index contributed by atoms with van der Waals surface area (Å²) in [6.07, 6.45) is 0. The summed E-state index contributed by atoms with van der Waals surface area (Å²) in [4.78, 5) is 7.61. The Morgan fingerprint density at radius 2 is 2.00 bits per heavy atom. The predicted octanol–water partition coefficient (Wildman–Crippen LogP) is 1.67. The number of para-hydroxylation sites is 2. The number of nitrogens with zero attached hydrogens (tertiary/aromatic N) is 4. The molecule has 0 aliphatic rings. The Hall–Kier alpha value is -2.17. The van der Waals surface area contributed by atoms with Gasteiger partial charge in [-0.05, 0) is 19.1 Å². The lowest BCUT2D eigenvalue weighted by Crippen LogP contribution is -1.93. The molecule has 0 saturated carbocycles. The van der Waals surface area contributed by atoms with Gasteiger partial charge in [0.05, 0.1) is 11.0 Å². The Balaban J connectivity index is 2.28. The van der Waals surface area contributed by atoms with E-state index < -0.39 is 0 Å².